The van der Waals surface area contributed by atoms with E-state index in [4.69, 9.17) is 22.3 Å². The fourth-order valence-electron chi connectivity index (χ4n) is 4.02. The Morgan fingerprint density at radius 1 is 0.636 bits per heavy atom. The van der Waals surface area contributed by atoms with E-state index in [9.17, 15) is 30.0 Å². The van der Waals surface area contributed by atoms with Gasteiger partial charge >= 0.3 is 0 Å². The summed E-state index contributed by atoms with van der Waals surface area (Å²) < 4.78 is 0. The van der Waals surface area contributed by atoms with Gasteiger partial charge in [0.25, 0.3) is 0 Å². The lowest BCUT2D eigenvalue weighted by molar-refractivity contribution is -0.117. The van der Waals surface area contributed by atoms with Crippen LogP contribution in [0.5, 0.6) is 23.0 Å². The Labute approximate surface area is 256 Å². The summed E-state index contributed by atoms with van der Waals surface area (Å²) in [7, 11) is 0. The van der Waals surface area contributed by atoms with Crippen molar-refractivity contribution >= 4 is 35.9 Å². The zero-order chi connectivity index (χ0) is 32.5. The van der Waals surface area contributed by atoms with Crippen molar-refractivity contribution in [1.29, 1.82) is 10.8 Å². The molecule has 2 aromatic rings. The molecule has 12 N–H and O–H groups in total. The number of hydrogen-bond acceptors (Lipinski definition) is 8. The Hall–Kier alpha value is -5.40. The predicted octanol–water partition coefficient (Wildman–Crippen LogP) is 1.42. The summed E-state index contributed by atoms with van der Waals surface area (Å²) in [5, 5.41) is 58.9. The van der Waals surface area contributed by atoms with Gasteiger partial charge in [0.1, 0.15) is 0 Å². The van der Waals surface area contributed by atoms with Gasteiger partial charge in [0.05, 0.1) is 0 Å². The van der Waals surface area contributed by atoms with Crippen LogP contribution in [-0.2, 0) is 9.59 Å². The minimum Gasteiger partial charge on any atom is -0.504 e. The number of nitrogens with two attached hydrogens (primary N) is 2. The molecule has 0 heterocycles. The number of benzene rings is 2. The maximum absolute atomic E-state index is 12.0. The number of amides is 2. The van der Waals surface area contributed by atoms with E-state index in [1.54, 1.807) is 21.9 Å². The molecular weight excluding hydrogens is 568 g/mol. The number of rotatable bonds is 17. The molecule has 238 valence electrons. The smallest absolute Gasteiger partial charge is 0.244 e. The van der Waals surface area contributed by atoms with Crippen LogP contribution in [-0.4, -0.2) is 93.2 Å². The zero-order valence-electron chi connectivity index (χ0n) is 24.5. The highest BCUT2D eigenvalue weighted by Crippen LogP contribution is 2.26. The number of phenols is 4. The summed E-state index contributed by atoms with van der Waals surface area (Å²) in [6.45, 7) is 2.76. The maximum Gasteiger partial charge on any atom is 0.244 e. The van der Waals surface area contributed by atoms with Crippen molar-refractivity contribution in [1.82, 2.24) is 20.4 Å². The second-order valence-electron chi connectivity index (χ2n) is 9.90. The molecular formula is C30H42N8O6. The monoisotopic (exact) mass is 610 g/mol. The van der Waals surface area contributed by atoms with Gasteiger partial charge in [-0.15, -0.1) is 0 Å². The number of nitrogens with one attached hydrogen (secondary N) is 4. The van der Waals surface area contributed by atoms with Crippen LogP contribution in [0.1, 0.15) is 36.8 Å². The second kappa shape index (κ2) is 18.2. The van der Waals surface area contributed by atoms with Crippen LogP contribution in [0.15, 0.2) is 48.6 Å². The normalized spacial score (nSPS) is 11.0. The SMILES string of the molecule is N=C(N)N(CCCCN(CCCNC(=O)/C=C/c1ccc(O)c(O)c1)C(=N)N)CCCNC(=O)/C=C/c1ccc(O)c(O)c1. The lowest BCUT2D eigenvalue weighted by Crippen LogP contribution is -2.40. The van der Waals surface area contributed by atoms with E-state index >= 15 is 0 Å². The third-order valence-corrected chi connectivity index (χ3v) is 6.45. The van der Waals surface area contributed by atoms with Gasteiger partial charge in [-0.05, 0) is 73.2 Å². The quantitative estimate of drug-likeness (QED) is 0.0406. The fraction of sp³-hybridized carbons (Fsp3) is 0.333. The first-order valence-electron chi connectivity index (χ1n) is 14.1. The predicted molar refractivity (Wildman–Crippen MR) is 169 cm³/mol. The molecule has 0 fully saturated rings. The number of hydrogen-bond donors (Lipinski definition) is 10. The highest BCUT2D eigenvalue weighted by Gasteiger charge is 2.10. The number of aromatic hydroxyl groups is 4. The summed E-state index contributed by atoms with van der Waals surface area (Å²) in [5.74, 6) is -1.79. The fourth-order valence-corrected chi connectivity index (χ4v) is 4.02. The Morgan fingerprint density at radius 2 is 1.00 bits per heavy atom. The first-order chi connectivity index (χ1) is 21.0. The first kappa shape index (κ1) is 34.8. The summed E-state index contributed by atoms with van der Waals surface area (Å²) in [5.41, 5.74) is 12.6. The molecule has 0 aliphatic heterocycles. The third-order valence-electron chi connectivity index (χ3n) is 6.45. The molecule has 0 atom stereocenters. The molecule has 2 aromatic carbocycles. The van der Waals surface area contributed by atoms with Crippen LogP contribution in [0, 0.1) is 10.8 Å². The number of unbranched alkanes of at least 4 members (excludes halogenated alkanes) is 1. The molecule has 0 saturated heterocycles. The van der Waals surface area contributed by atoms with Crippen LogP contribution in [0.4, 0.5) is 0 Å². The van der Waals surface area contributed by atoms with Gasteiger partial charge in [0, 0.05) is 51.4 Å². The van der Waals surface area contributed by atoms with E-state index in [1.807, 2.05) is 0 Å². The molecule has 0 spiro atoms. The van der Waals surface area contributed by atoms with Crippen LogP contribution in [0.25, 0.3) is 12.2 Å². The second-order valence-corrected chi connectivity index (χ2v) is 9.90. The standard InChI is InChI=1S/C30H42N8O6/c31-29(32)37(17-3-13-35-27(43)11-7-21-5-9-23(39)25(41)19-21)15-1-2-16-38(30(33)34)18-4-14-36-28(44)12-8-22-6-10-24(40)26(42)20-22/h5-12,19-20,39-42H,1-4,13-18H2,(H3,31,32)(H3,33,34)(H,35,43)(H,36,44)/b11-7+,12-8+. The molecule has 14 nitrogen and oxygen atoms in total. The maximum atomic E-state index is 12.0. The van der Waals surface area contributed by atoms with Gasteiger partial charge in [0.2, 0.25) is 11.8 Å². The van der Waals surface area contributed by atoms with Crippen molar-refractivity contribution in [2.75, 3.05) is 39.3 Å². The van der Waals surface area contributed by atoms with Gasteiger partial charge in [-0.3, -0.25) is 20.4 Å². The van der Waals surface area contributed by atoms with Crippen molar-refractivity contribution in [3.05, 3.63) is 59.7 Å². The summed E-state index contributed by atoms with van der Waals surface area (Å²) >= 11 is 0. The van der Waals surface area contributed by atoms with Gasteiger partial charge in [-0.25, -0.2) is 0 Å². The van der Waals surface area contributed by atoms with Gasteiger partial charge < -0.3 is 52.3 Å². The van der Waals surface area contributed by atoms with E-state index in [0.717, 1.165) is 0 Å². The lowest BCUT2D eigenvalue weighted by atomic mass is 10.2. The number of carbonyl (C=O) groups excluding carboxylic acids is 2. The first-order valence-corrected chi connectivity index (χ1v) is 14.1. The highest BCUT2D eigenvalue weighted by atomic mass is 16.3. The van der Waals surface area contributed by atoms with E-state index < -0.39 is 0 Å². The molecule has 0 unspecified atom stereocenters. The number of carbonyl (C=O) groups is 2. The molecule has 2 rings (SSSR count). The average molecular weight is 611 g/mol. The van der Waals surface area contributed by atoms with Crippen LogP contribution < -0.4 is 22.1 Å². The third kappa shape index (κ3) is 13.1. The summed E-state index contributed by atoms with van der Waals surface area (Å²) in [6, 6.07) is 8.48. The van der Waals surface area contributed by atoms with E-state index in [2.05, 4.69) is 10.6 Å². The Kier molecular flexibility index (Phi) is 14.4. The number of phenolic OH excluding ortho intramolecular Hbond substituents is 4. The van der Waals surface area contributed by atoms with Crippen LogP contribution >= 0.6 is 0 Å². The summed E-state index contributed by atoms with van der Waals surface area (Å²) in [4.78, 5) is 27.5. The van der Waals surface area contributed by atoms with E-state index in [-0.39, 0.29) is 46.7 Å². The van der Waals surface area contributed by atoms with E-state index in [0.29, 0.717) is 76.1 Å². The Morgan fingerprint density at radius 3 is 1.34 bits per heavy atom. The van der Waals surface area contributed by atoms with E-state index in [1.165, 1.54) is 48.6 Å². The highest BCUT2D eigenvalue weighted by molar-refractivity contribution is 5.92. The van der Waals surface area contributed by atoms with Gasteiger partial charge in [-0.2, -0.15) is 0 Å². The lowest BCUT2D eigenvalue weighted by Gasteiger charge is -2.25. The number of guanidine groups is 2. The molecule has 0 aromatic heterocycles. The molecule has 0 radical (unpaired) electrons. The van der Waals surface area contributed by atoms with Gasteiger partial charge in [0.15, 0.2) is 34.9 Å². The summed E-state index contributed by atoms with van der Waals surface area (Å²) in [6.07, 6.45) is 8.22. The van der Waals surface area contributed by atoms with Gasteiger partial charge in [-0.1, -0.05) is 12.1 Å². The van der Waals surface area contributed by atoms with Crippen molar-refractivity contribution in [2.24, 2.45) is 11.5 Å². The largest absolute Gasteiger partial charge is 0.504 e. The van der Waals surface area contributed by atoms with Crippen molar-refractivity contribution in [3.8, 4) is 23.0 Å². The zero-order valence-corrected chi connectivity index (χ0v) is 24.5. The Bertz CT molecular complexity index is 1250. The van der Waals surface area contributed by atoms with Crippen LogP contribution in [0.2, 0.25) is 0 Å². The minimum atomic E-state index is -0.317. The van der Waals surface area contributed by atoms with Crippen LogP contribution in [0.3, 0.4) is 0 Å². The molecule has 0 saturated carbocycles. The molecule has 2 amide bonds. The number of nitrogens with zero attached hydrogens (tertiary/aromatic N) is 2. The van der Waals surface area contributed by atoms with Crippen molar-refractivity contribution < 1.29 is 30.0 Å². The average Bonchev–Trinajstić information content (AvgIpc) is 2.98. The molecule has 44 heavy (non-hydrogen) atoms. The molecule has 0 aliphatic carbocycles. The minimum absolute atomic E-state index is 0.0706. The molecule has 14 heteroatoms. The molecule has 0 aliphatic rings. The van der Waals surface area contributed by atoms with Crippen molar-refractivity contribution in [3.63, 3.8) is 0 Å². The van der Waals surface area contributed by atoms with Crippen molar-refractivity contribution in [2.45, 2.75) is 25.7 Å². The topological polar surface area (TPSA) is 245 Å². The Balaban J connectivity index is 1.63. The molecule has 0 bridgehead atoms.